The fourth-order valence-corrected chi connectivity index (χ4v) is 3.17. The van der Waals surface area contributed by atoms with Gasteiger partial charge in [0.05, 0.1) is 6.33 Å². The Labute approximate surface area is 140 Å². The van der Waals surface area contributed by atoms with E-state index in [1.807, 2.05) is 0 Å². The number of piperidine rings is 1. The van der Waals surface area contributed by atoms with Gasteiger partial charge in [-0.3, -0.25) is 13.9 Å². The molecule has 0 amide bonds. The third-order valence-corrected chi connectivity index (χ3v) is 4.67. The fourth-order valence-electron chi connectivity index (χ4n) is 3.17. The van der Waals surface area contributed by atoms with Crippen LogP contribution >= 0.6 is 0 Å². The minimum Gasteiger partial charge on any atom is -0.302 e. The standard InChI is InChI=1S/C17H23N5O2/c1-14-11-18-13-22(16(14)23)12-15-3-7-20(8-4-15)9-10-21-6-2-5-19-17(21)24/h2,5-6,11,13,15H,3-4,7-10,12H2,1H3. The van der Waals surface area contributed by atoms with Gasteiger partial charge in [-0.2, -0.15) is 0 Å². The van der Waals surface area contributed by atoms with Crippen LogP contribution in [0.5, 0.6) is 0 Å². The van der Waals surface area contributed by atoms with Crippen molar-refractivity contribution in [2.24, 2.45) is 5.92 Å². The Balaban J connectivity index is 1.49. The summed E-state index contributed by atoms with van der Waals surface area (Å²) in [6.07, 6.45) is 8.66. The lowest BCUT2D eigenvalue weighted by atomic mass is 9.96. The van der Waals surface area contributed by atoms with Gasteiger partial charge in [0, 0.05) is 43.8 Å². The molecule has 0 saturated carbocycles. The Morgan fingerprint density at radius 1 is 1.17 bits per heavy atom. The van der Waals surface area contributed by atoms with Crippen molar-refractivity contribution in [2.75, 3.05) is 19.6 Å². The highest BCUT2D eigenvalue weighted by atomic mass is 16.1. The summed E-state index contributed by atoms with van der Waals surface area (Å²) in [5.74, 6) is 0.503. The van der Waals surface area contributed by atoms with E-state index >= 15 is 0 Å². The van der Waals surface area contributed by atoms with Crippen molar-refractivity contribution in [3.8, 4) is 0 Å². The molecular formula is C17H23N5O2. The molecule has 3 heterocycles. The summed E-state index contributed by atoms with van der Waals surface area (Å²) >= 11 is 0. The van der Waals surface area contributed by atoms with Crippen LogP contribution < -0.4 is 11.2 Å². The van der Waals surface area contributed by atoms with Crippen LogP contribution in [0.1, 0.15) is 18.4 Å². The van der Waals surface area contributed by atoms with Crippen molar-refractivity contribution in [3.05, 3.63) is 57.4 Å². The highest BCUT2D eigenvalue weighted by Crippen LogP contribution is 2.18. The van der Waals surface area contributed by atoms with Crippen molar-refractivity contribution >= 4 is 0 Å². The molecule has 0 unspecified atom stereocenters. The van der Waals surface area contributed by atoms with Crippen LogP contribution in [0.2, 0.25) is 0 Å². The van der Waals surface area contributed by atoms with Crippen molar-refractivity contribution in [3.63, 3.8) is 0 Å². The van der Waals surface area contributed by atoms with E-state index in [2.05, 4.69) is 14.9 Å². The molecule has 0 bridgehead atoms. The Morgan fingerprint density at radius 3 is 2.71 bits per heavy atom. The average Bonchev–Trinajstić information content (AvgIpc) is 2.59. The minimum atomic E-state index is -0.196. The van der Waals surface area contributed by atoms with Crippen molar-refractivity contribution in [1.29, 1.82) is 0 Å². The van der Waals surface area contributed by atoms with E-state index in [1.165, 1.54) is 6.20 Å². The topological polar surface area (TPSA) is 73.0 Å². The van der Waals surface area contributed by atoms with Crippen molar-refractivity contribution < 1.29 is 0 Å². The molecule has 2 aromatic rings. The highest BCUT2D eigenvalue weighted by Gasteiger charge is 2.20. The first-order valence-corrected chi connectivity index (χ1v) is 8.38. The molecule has 1 saturated heterocycles. The van der Waals surface area contributed by atoms with E-state index in [4.69, 9.17) is 0 Å². The Hall–Kier alpha value is -2.28. The van der Waals surface area contributed by atoms with Gasteiger partial charge in [-0.25, -0.2) is 14.8 Å². The Bertz CT molecular complexity index is 790. The molecule has 0 atom stereocenters. The molecule has 1 aliphatic rings. The maximum absolute atomic E-state index is 12.1. The van der Waals surface area contributed by atoms with Crippen LogP contribution in [0.3, 0.4) is 0 Å². The zero-order valence-corrected chi connectivity index (χ0v) is 14.0. The summed E-state index contributed by atoms with van der Waals surface area (Å²) in [5, 5.41) is 0. The molecule has 0 N–H and O–H groups in total. The van der Waals surface area contributed by atoms with E-state index < -0.39 is 0 Å². The first-order chi connectivity index (χ1) is 11.6. The molecule has 128 valence electrons. The summed E-state index contributed by atoms with van der Waals surface area (Å²) in [6.45, 7) is 6.04. The largest absolute Gasteiger partial charge is 0.347 e. The summed E-state index contributed by atoms with van der Waals surface area (Å²) in [7, 11) is 0. The summed E-state index contributed by atoms with van der Waals surface area (Å²) in [5.41, 5.74) is 0.555. The molecule has 0 radical (unpaired) electrons. The van der Waals surface area contributed by atoms with Crippen molar-refractivity contribution in [2.45, 2.75) is 32.9 Å². The van der Waals surface area contributed by atoms with Crippen LogP contribution in [-0.4, -0.2) is 43.6 Å². The SMILES string of the molecule is Cc1cncn(CC2CCN(CCn3cccnc3=O)CC2)c1=O. The smallest absolute Gasteiger partial charge is 0.302 e. The second-order valence-corrected chi connectivity index (χ2v) is 6.41. The zero-order valence-electron chi connectivity index (χ0n) is 14.0. The number of rotatable bonds is 5. The van der Waals surface area contributed by atoms with Gasteiger partial charge in [-0.1, -0.05) is 0 Å². The molecule has 7 heteroatoms. The minimum absolute atomic E-state index is 0.0587. The Kier molecular flexibility index (Phi) is 5.20. The fraction of sp³-hybridized carbons (Fsp3) is 0.529. The third kappa shape index (κ3) is 3.97. The number of likely N-dealkylation sites (tertiary alicyclic amines) is 1. The maximum Gasteiger partial charge on any atom is 0.347 e. The third-order valence-electron chi connectivity index (χ3n) is 4.67. The van der Waals surface area contributed by atoms with Gasteiger partial charge in [0.2, 0.25) is 0 Å². The lowest BCUT2D eigenvalue weighted by molar-refractivity contribution is 0.167. The molecule has 0 aliphatic carbocycles. The predicted octanol–water partition coefficient (Wildman–Crippen LogP) is 0.521. The molecule has 0 aromatic carbocycles. The number of aryl methyl sites for hydroxylation is 1. The van der Waals surface area contributed by atoms with Gasteiger partial charge in [0.25, 0.3) is 5.56 Å². The van der Waals surface area contributed by atoms with Gasteiger partial charge in [-0.05, 0) is 44.8 Å². The molecule has 1 aliphatic heterocycles. The number of hydrogen-bond donors (Lipinski definition) is 0. The predicted molar refractivity (Wildman–Crippen MR) is 90.9 cm³/mol. The highest BCUT2D eigenvalue weighted by molar-refractivity contribution is 5.00. The summed E-state index contributed by atoms with van der Waals surface area (Å²) in [4.78, 5) is 33.9. The summed E-state index contributed by atoms with van der Waals surface area (Å²) < 4.78 is 3.37. The zero-order chi connectivity index (χ0) is 16.9. The van der Waals surface area contributed by atoms with E-state index in [0.29, 0.717) is 18.0 Å². The molecule has 1 fully saturated rings. The second-order valence-electron chi connectivity index (χ2n) is 6.41. The van der Waals surface area contributed by atoms with E-state index in [0.717, 1.165) is 39.0 Å². The number of aromatic nitrogens is 4. The monoisotopic (exact) mass is 329 g/mol. The van der Waals surface area contributed by atoms with Gasteiger partial charge in [0.1, 0.15) is 0 Å². The second kappa shape index (κ2) is 7.53. The van der Waals surface area contributed by atoms with Gasteiger partial charge >= 0.3 is 5.69 Å². The van der Waals surface area contributed by atoms with E-state index in [1.54, 1.807) is 40.8 Å². The van der Waals surface area contributed by atoms with Crippen LogP contribution in [0.15, 0.2) is 40.6 Å². The molecule has 2 aromatic heterocycles. The van der Waals surface area contributed by atoms with Crippen LogP contribution in [-0.2, 0) is 13.1 Å². The Morgan fingerprint density at radius 2 is 1.96 bits per heavy atom. The van der Waals surface area contributed by atoms with Crippen LogP contribution in [0.25, 0.3) is 0 Å². The molecule has 7 nitrogen and oxygen atoms in total. The van der Waals surface area contributed by atoms with Gasteiger partial charge in [0.15, 0.2) is 0 Å². The number of hydrogen-bond acceptors (Lipinski definition) is 5. The van der Waals surface area contributed by atoms with E-state index in [-0.39, 0.29) is 11.2 Å². The van der Waals surface area contributed by atoms with Crippen LogP contribution in [0, 0.1) is 12.8 Å². The first kappa shape index (κ1) is 16.6. The van der Waals surface area contributed by atoms with Crippen molar-refractivity contribution in [1.82, 2.24) is 24.0 Å². The molecule has 0 spiro atoms. The molecular weight excluding hydrogens is 306 g/mol. The van der Waals surface area contributed by atoms with Gasteiger partial charge < -0.3 is 4.90 Å². The quantitative estimate of drug-likeness (QED) is 0.800. The molecule has 3 rings (SSSR count). The van der Waals surface area contributed by atoms with E-state index in [9.17, 15) is 9.59 Å². The average molecular weight is 329 g/mol. The lowest BCUT2D eigenvalue weighted by Crippen LogP contribution is -2.39. The van der Waals surface area contributed by atoms with Gasteiger partial charge in [-0.15, -0.1) is 0 Å². The lowest BCUT2D eigenvalue weighted by Gasteiger charge is -2.32. The molecule has 24 heavy (non-hydrogen) atoms. The normalized spacial score (nSPS) is 16.4. The summed E-state index contributed by atoms with van der Waals surface area (Å²) in [6, 6.07) is 1.78. The maximum atomic E-state index is 12.1. The number of nitrogens with zero attached hydrogens (tertiary/aromatic N) is 5. The van der Waals surface area contributed by atoms with Crippen LogP contribution in [0.4, 0.5) is 0 Å². The first-order valence-electron chi connectivity index (χ1n) is 8.38.